The van der Waals surface area contributed by atoms with Gasteiger partial charge in [-0.3, -0.25) is 4.90 Å². The quantitative estimate of drug-likeness (QED) is 0.943. The number of rotatable bonds is 3. The van der Waals surface area contributed by atoms with Crippen molar-refractivity contribution in [3.8, 4) is 11.5 Å². The van der Waals surface area contributed by atoms with Crippen LogP contribution in [0.25, 0.3) is 11.5 Å². The fourth-order valence-corrected chi connectivity index (χ4v) is 2.71. The molecular formula is C13H14Cl2N4O. The largest absolute Gasteiger partial charge is 0.334 e. The minimum absolute atomic E-state index is 0.444. The molecule has 3 rings (SSSR count). The van der Waals surface area contributed by atoms with Crippen molar-refractivity contribution < 1.29 is 4.52 Å². The maximum atomic E-state index is 5.97. The highest BCUT2D eigenvalue weighted by molar-refractivity contribution is 6.35. The number of benzene rings is 1. The van der Waals surface area contributed by atoms with Crippen molar-refractivity contribution in [2.24, 2.45) is 0 Å². The first kappa shape index (κ1) is 13.8. The van der Waals surface area contributed by atoms with Crippen LogP contribution in [0.3, 0.4) is 0 Å². The van der Waals surface area contributed by atoms with Crippen LogP contribution in [-0.4, -0.2) is 41.2 Å². The average Bonchev–Trinajstić information content (AvgIpc) is 2.87. The summed E-state index contributed by atoms with van der Waals surface area (Å²) in [6, 6.07) is 5.19. The first-order valence-electron chi connectivity index (χ1n) is 6.43. The van der Waals surface area contributed by atoms with Crippen molar-refractivity contribution in [2.75, 3.05) is 26.2 Å². The van der Waals surface area contributed by atoms with Gasteiger partial charge in [0.15, 0.2) is 5.82 Å². The summed E-state index contributed by atoms with van der Waals surface area (Å²) in [6.07, 6.45) is 0. The molecule has 0 bridgehead atoms. The highest BCUT2D eigenvalue weighted by atomic mass is 35.5. The van der Waals surface area contributed by atoms with Gasteiger partial charge < -0.3 is 9.84 Å². The van der Waals surface area contributed by atoms with E-state index < -0.39 is 0 Å². The standard InChI is InChI=1S/C13H14Cl2N4O/c14-10-5-9(6-11(15)7-10)13-17-12(18-20-13)8-19-3-1-16-2-4-19/h5-7,16H,1-4,8H2. The average molecular weight is 313 g/mol. The van der Waals surface area contributed by atoms with Crippen molar-refractivity contribution in [2.45, 2.75) is 6.54 Å². The molecule has 0 saturated carbocycles. The van der Waals surface area contributed by atoms with Crippen molar-refractivity contribution in [1.29, 1.82) is 0 Å². The van der Waals surface area contributed by atoms with E-state index in [-0.39, 0.29) is 0 Å². The Labute approximate surface area is 126 Å². The van der Waals surface area contributed by atoms with Gasteiger partial charge in [0.1, 0.15) is 0 Å². The van der Waals surface area contributed by atoms with Crippen molar-refractivity contribution in [1.82, 2.24) is 20.4 Å². The molecule has 1 saturated heterocycles. The Morgan fingerprint density at radius 1 is 1.15 bits per heavy atom. The molecule has 2 heterocycles. The van der Waals surface area contributed by atoms with Crippen LogP contribution in [0, 0.1) is 0 Å². The van der Waals surface area contributed by atoms with Crippen LogP contribution in [0.4, 0.5) is 0 Å². The van der Waals surface area contributed by atoms with Crippen LogP contribution in [0.1, 0.15) is 5.82 Å². The molecule has 0 aliphatic carbocycles. The third-order valence-corrected chi connectivity index (χ3v) is 3.59. The molecule has 0 atom stereocenters. The normalized spacial score (nSPS) is 16.5. The second kappa shape index (κ2) is 6.10. The van der Waals surface area contributed by atoms with Gasteiger partial charge in [-0.1, -0.05) is 28.4 Å². The molecule has 1 aromatic carbocycles. The lowest BCUT2D eigenvalue weighted by molar-refractivity contribution is 0.225. The van der Waals surface area contributed by atoms with E-state index in [4.69, 9.17) is 27.7 Å². The maximum Gasteiger partial charge on any atom is 0.258 e. The lowest BCUT2D eigenvalue weighted by Gasteiger charge is -2.25. The number of aromatic nitrogens is 2. The van der Waals surface area contributed by atoms with Crippen molar-refractivity contribution in [3.63, 3.8) is 0 Å². The molecule has 1 aliphatic heterocycles. The zero-order valence-electron chi connectivity index (χ0n) is 10.8. The van der Waals surface area contributed by atoms with E-state index >= 15 is 0 Å². The highest BCUT2D eigenvalue weighted by Gasteiger charge is 2.15. The van der Waals surface area contributed by atoms with E-state index in [1.165, 1.54) is 0 Å². The summed E-state index contributed by atoms with van der Waals surface area (Å²) in [5, 5.41) is 8.42. The number of hydrogen-bond donors (Lipinski definition) is 1. The first-order valence-corrected chi connectivity index (χ1v) is 7.18. The van der Waals surface area contributed by atoms with E-state index in [0.29, 0.717) is 28.3 Å². The molecule has 0 spiro atoms. The van der Waals surface area contributed by atoms with Gasteiger partial charge in [-0.15, -0.1) is 0 Å². The van der Waals surface area contributed by atoms with Gasteiger partial charge in [-0.05, 0) is 18.2 Å². The molecule has 0 radical (unpaired) electrons. The summed E-state index contributed by atoms with van der Waals surface area (Å²) in [5.74, 6) is 1.12. The minimum Gasteiger partial charge on any atom is -0.334 e. The number of piperazine rings is 1. The molecule has 5 nitrogen and oxygen atoms in total. The Hall–Kier alpha value is -1.14. The third kappa shape index (κ3) is 3.30. The molecule has 2 aromatic rings. The molecule has 7 heteroatoms. The first-order chi connectivity index (χ1) is 9.70. The zero-order valence-corrected chi connectivity index (χ0v) is 12.3. The molecule has 0 unspecified atom stereocenters. The predicted octanol–water partition coefficient (Wildman–Crippen LogP) is 2.45. The Morgan fingerprint density at radius 3 is 2.55 bits per heavy atom. The summed E-state index contributed by atoms with van der Waals surface area (Å²) in [5.41, 5.74) is 0.738. The van der Waals surface area contributed by atoms with Gasteiger partial charge in [0.05, 0.1) is 6.54 Å². The van der Waals surface area contributed by atoms with E-state index in [2.05, 4.69) is 20.4 Å². The van der Waals surface area contributed by atoms with Crippen LogP contribution in [0.15, 0.2) is 22.7 Å². The summed E-state index contributed by atoms with van der Waals surface area (Å²) >= 11 is 11.9. The lowest BCUT2D eigenvalue weighted by atomic mass is 10.2. The second-order valence-electron chi connectivity index (χ2n) is 4.70. The Kier molecular flexibility index (Phi) is 4.21. The Balaban J connectivity index is 1.75. The van der Waals surface area contributed by atoms with Gasteiger partial charge in [-0.2, -0.15) is 4.98 Å². The molecule has 106 valence electrons. The van der Waals surface area contributed by atoms with Crippen LogP contribution >= 0.6 is 23.2 Å². The molecule has 1 aromatic heterocycles. The van der Waals surface area contributed by atoms with Gasteiger partial charge in [-0.25, -0.2) is 0 Å². The summed E-state index contributed by atoms with van der Waals surface area (Å²) < 4.78 is 5.28. The van der Waals surface area contributed by atoms with E-state index in [1.807, 2.05) is 0 Å². The molecular weight excluding hydrogens is 299 g/mol. The summed E-state index contributed by atoms with van der Waals surface area (Å²) in [6.45, 7) is 4.67. The minimum atomic E-state index is 0.444. The van der Waals surface area contributed by atoms with Crippen LogP contribution < -0.4 is 5.32 Å². The Morgan fingerprint density at radius 2 is 1.85 bits per heavy atom. The van der Waals surface area contributed by atoms with Crippen LogP contribution in [0.2, 0.25) is 10.0 Å². The Bertz CT molecular complexity index is 576. The van der Waals surface area contributed by atoms with Gasteiger partial charge in [0.25, 0.3) is 5.89 Å². The third-order valence-electron chi connectivity index (χ3n) is 3.15. The van der Waals surface area contributed by atoms with E-state index in [1.54, 1.807) is 18.2 Å². The highest BCUT2D eigenvalue weighted by Crippen LogP contribution is 2.26. The number of nitrogens with zero attached hydrogens (tertiary/aromatic N) is 3. The maximum absolute atomic E-state index is 5.97. The topological polar surface area (TPSA) is 54.2 Å². The zero-order chi connectivity index (χ0) is 13.9. The van der Waals surface area contributed by atoms with Crippen molar-refractivity contribution >= 4 is 23.2 Å². The number of nitrogens with one attached hydrogen (secondary N) is 1. The monoisotopic (exact) mass is 312 g/mol. The summed E-state index contributed by atoms with van der Waals surface area (Å²) in [4.78, 5) is 6.69. The SMILES string of the molecule is Clc1cc(Cl)cc(-c2nc(CN3CCNCC3)no2)c1. The fraction of sp³-hybridized carbons (Fsp3) is 0.385. The predicted molar refractivity (Wildman–Crippen MR) is 77.9 cm³/mol. The molecule has 1 N–H and O–H groups in total. The van der Waals surface area contributed by atoms with Crippen LogP contribution in [-0.2, 0) is 6.54 Å². The number of hydrogen-bond acceptors (Lipinski definition) is 5. The van der Waals surface area contributed by atoms with E-state index in [0.717, 1.165) is 31.7 Å². The van der Waals surface area contributed by atoms with Crippen molar-refractivity contribution in [3.05, 3.63) is 34.1 Å². The molecule has 1 aliphatic rings. The smallest absolute Gasteiger partial charge is 0.258 e. The van der Waals surface area contributed by atoms with E-state index in [9.17, 15) is 0 Å². The lowest BCUT2D eigenvalue weighted by Crippen LogP contribution is -2.43. The van der Waals surface area contributed by atoms with Gasteiger partial charge in [0, 0.05) is 41.8 Å². The van der Waals surface area contributed by atoms with Crippen LogP contribution in [0.5, 0.6) is 0 Å². The summed E-state index contributed by atoms with van der Waals surface area (Å²) in [7, 11) is 0. The number of halogens is 2. The molecule has 1 fully saturated rings. The fourth-order valence-electron chi connectivity index (χ4n) is 2.18. The molecule has 0 amide bonds. The molecule has 20 heavy (non-hydrogen) atoms. The van der Waals surface area contributed by atoms with Gasteiger partial charge in [0.2, 0.25) is 0 Å². The second-order valence-corrected chi connectivity index (χ2v) is 5.57. The van der Waals surface area contributed by atoms with Gasteiger partial charge >= 0.3 is 0 Å².